The lowest BCUT2D eigenvalue weighted by molar-refractivity contribution is 0.0697. The van der Waals surface area contributed by atoms with Gasteiger partial charge < -0.3 is 10.1 Å². The minimum absolute atomic E-state index is 0.590. The maximum atomic E-state index is 9.87. The van der Waals surface area contributed by atoms with Crippen molar-refractivity contribution in [2.75, 3.05) is 0 Å². The lowest BCUT2D eigenvalue weighted by Crippen LogP contribution is -2.17. The molecule has 0 fully saturated rings. The fraction of sp³-hybridized carbons (Fsp3) is 0.357. The number of rotatable bonds is 2. The molecule has 3 heteroatoms. The maximum Gasteiger partial charge on any atom is 0.138 e. The van der Waals surface area contributed by atoms with Crippen LogP contribution in [0.4, 0.5) is 0 Å². The normalized spacial score (nSPS) is 11.8. The van der Waals surface area contributed by atoms with Crippen LogP contribution in [0.1, 0.15) is 30.8 Å². The molecule has 0 aliphatic carbocycles. The van der Waals surface area contributed by atoms with E-state index < -0.39 is 5.60 Å². The Balaban J connectivity index is 2.44. The molecule has 90 valence electrons. The Bertz CT molecular complexity index is 535. The summed E-state index contributed by atoms with van der Waals surface area (Å²) in [5, 5.41) is 9.87. The number of aryl methyl sites for hydroxylation is 2. The SMILES string of the molecule is Cc1ccc(-c2cnc(C(C)(C)O)[nH]2)c(C)c1. The van der Waals surface area contributed by atoms with E-state index in [1.54, 1.807) is 20.0 Å². The van der Waals surface area contributed by atoms with Crippen LogP contribution in [0, 0.1) is 13.8 Å². The fourth-order valence-corrected chi connectivity index (χ4v) is 1.88. The van der Waals surface area contributed by atoms with E-state index in [1.165, 1.54) is 11.1 Å². The molecule has 1 aromatic heterocycles. The third-order valence-corrected chi connectivity index (χ3v) is 2.83. The van der Waals surface area contributed by atoms with Crippen LogP contribution in [0.3, 0.4) is 0 Å². The number of benzene rings is 1. The molecule has 2 rings (SSSR count). The molecule has 0 spiro atoms. The number of aromatic amines is 1. The van der Waals surface area contributed by atoms with Crippen molar-refractivity contribution in [1.82, 2.24) is 9.97 Å². The molecule has 0 bridgehead atoms. The first-order valence-electron chi connectivity index (χ1n) is 5.73. The highest BCUT2D eigenvalue weighted by atomic mass is 16.3. The molecular weight excluding hydrogens is 212 g/mol. The predicted octanol–water partition coefficient (Wildman–Crippen LogP) is 2.92. The van der Waals surface area contributed by atoms with Gasteiger partial charge in [-0.1, -0.05) is 23.8 Å². The molecule has 0 aliphatic heterocycles. The van der Waals surface area contributed by atoms with Crippen molar-refractivity contribution < 1.29 is 5.11 Å². The van der Waals surface area contributed by atoms with Gasteiger partial charge in [0.2, 0.25) is 0 Å². The third kappa shape index (κ3) is 2.39. The summed E-state index contributed by atoms with van der Waals surface area (Å²) < 4.78 is 0. The predicted molar refractivity (Wildman–Crippen MR) is 68.7 cm³/mol. The molecule has 0 saturated carbocycles. The molecule has 1 aromatic carbocycles. The van der Waals surface area contributed by atoms with Gasteiger partial charge in [-0.2, -0.15) is 0 Å². The highest BCUT2D eigenvalue weighted by Crippen LogP contribution is 2.25. The van der Waals surface area contributed by atoms with E-state index in [2.05, 4.69) is 42.0 Å². The second-order valence-corrected chi connectivity index (χ2v) is 5.02. The number of H-pyrrole nitrogens is 1. The molecule has 0 unspecified atom stereocenters. The molecule has 0 atom stereocenters. The smallest absolute Gasteiger partial charge is 0.138 e. The van der Waals surface area contributed by atoms with Crippen LogP contribution in [0.25, 0.3) is 11.3 Å². The van der Waals surface area contributed by atoms with Crippen LogP contribution in [0.2, 0.25) is 0 Å². The molecule has 1 heterocycles. The van der Waals surface area contributed by atoms with Crippen molar-refractivity contribution in [1.29, 1.82) is 0 Å². The lowest BCUT2D eigenvalue weighted by atomic mass is 10.0. The Morgan fingerprint density at radius 1 is 1.24 bits per heavy atom. The number of hydrogen-bond donors (Lipinski definition) is 2. The van der Waals surface area contributed by atoms with Crippen molar-refractivity contribution in [3.8, 4) is 11.3 Å². The summed E-state index contributed by atoms with van der Waals surface area (Å²) in [5.41, 5.74) is 3.58. The number of hydrogen-bond acceptors (Lipinski definition) is 2. The van der Waals surface area contributed by atoms with Crippen molar-refractivity contribution in [3.63, 3.8) is 0 Å². The van der Waals surface area contributed by atoms with Gasteiger partial charge in [-0.15, -0.1) is 0 Å². The summed E-state index contributed by atoms with van der Waals surface area (Å²) in [5.74, 6) is 0.590. The molecule has 0 amide bonds. The van der Waals surface area contributed by atoms with Crippen molar-refractivity contribution in [2.24, 2.45) is 0 Å². The summed E-state index contributed by atoms with van der Waals surface area (Å²) in [7, 11) is 0. The van der Waals surface area contributed by atoms with Crippen molar-refractivity contribution in [2.45, 2.75) is 33.3 Å². The van der Waals surface area contributed by atoms with E-state index in [4.69, 9.17) is 0 Å². The van der Waals surface area contributed by atoms with Gasteiger partial charge in [-0.25, -0.2) is 4.98 Å². The van der Waals surface area contributed by atoms with Gasteiger partial charge in [-0.05, 0) is 33.3 Å². The molecular formula is C14H18N2O. The first kappa shape index (κ1) is 11.9. The first-order valence-corrected chi connectivity index (χ1v) is 5.73. The number of nitrogens with zero attached hydrogens (tertiary/aromatic N) is 1. The summed E-state index contributed by atoms with van der Waals surface area (Å²) in [6.45, 7) is 7.59. The second kappa shape index (κ2) is 4.00. The highest BCUT2D eigenvalue weighted by Gasteiger charge is 2.20. The largest absolute Gasteiger partial charge is 0.383 e. The van der Waals surface area contributed by atoms with E-state index in [9.17, 15) is 5.11 Å². The van der Waals surface area contributed by atoms with Crippen molar-refractivity contribution >= 4 is 0 Å². The van der Waals surface area contributed by atoms with Gasteiger partial charge in [0.1, 0.15) is 11.4 Å². The molecule has 3 nitrogen and oxygen atoms in total. The van der Waals surface area contributed by atoms with Crippen LogP contribution in [-0.4, -0.2) is 15.1 Å². The zero-order valence-corrected chi connectivity index (χ0v) is 10.7. The summed E-state index contributed by atoms with van der Waals surface area (Å²) in [4.78, 5) is 7.39. The number of nitrogens with one attached hydrogen (secondary N) is 1. The summed E-state index contributed by atoms with van der Waals surface area (Å²) >= 11 is 0. The third-order valence-electron chi connectivity index (χ3n) is 2.83. The Kier molecular flexibility index (Phi) is 2.79. The van der Waals surface area contributed by atoms with Gasteiger partial charge in [0.15, 0.2) is 0 Å². The van der Waals surface area contributed by atoms with Crippen LogP contribution < -0.4 is 0 Å². The van der Waals surface area contributed by atoms with Crippen LogP contribution in [0.15, 0.2) is 24.4 Å². The van der Waals surface area contributed by atoms with Crippen LogP contribution in [0.5, 0.6) is 0 Å². The van der Waals surface area contributed by atoms with Crippen molar-refractivity contribution in [3.05, 3.63) is 41.3 Å². The topological polar surface area (TPSA) is 48.9 Å². The summed E-state index contributed by atoms with van der Waals surface area (Å²) in [6.07, 6.45) is 1.77. The average molecular weight is 230 g/mol. The maximum absolute atomic E-state index is 9.87. The minimum atomic E-state index is -0.934. The number of imidazole rings is 1. The minimum Gasteiger partial charge on any atom is -0.383 e. The van der Waals surface area contributed by atoms with Gasteiger partial charge in [0.05, 0.1) is 11.9 Å². The first-order chi connectivity index (χ1) is 7.88. The molecule has 2 aromatic rings. The Labute approximate surface area is 102 Å². The summed E-state index contributed by atoms with van der Waals surface area (Å²) in [6, 6.07) is 6.29. The van der Waals surface area contributed by atoms with E-state index in [0.717, 1.165) is 11.3 Å². The zero-order chi connectivity index (χ0) is 12.6. The molecule has 0 aliphatic rings. The Morgan fingerprint density at radius 2 is 1.94 bits per heavy atom. The zero-order valence-electron chi connectivity index (χ0n) is 10.7. The molecule has 17 heavy (non-hydrogen) atoms. The molecule has 0 saturated heterocycles. The average Bonchev–Trinajstić information content (AvgIpc) is 2.65. The van der Waals surface area contributed by atoms with Crippen LogP contribution in [-0.2, 0) is 5.60 Å². The quantitative estimate of drug-likeness (QED) is 0.833. The Hall–Kier alpha value is -1.61. The Morgan fingerprint density at radius 3 is 2.47 bits per heavy atom. The number of aromatic nitrogens is 2. The number of aliphatic hydroxyl groups is 1. The lowest BCUT2D eigenvalue weighted by Gasteiger charge is -2.13. The van der Waals surface area contributed by atoms with E-state index in [-0.39, 0.29) is 0 Å². The van der Waals surface area contributed by atoms with Gasteiger partial charge in [0, 0.05) is 5.56 Å². The second-order valence-electron chi connectivity index (χ2n) is 5.02. The van der Waals surface area contributed by atoms with E-state index in [0.29, 0.717) is 5.82 Å². The molecule has 2 N–H and O–H groups in total. The van der Waals surface area contributed by atoms with Gasteiger partial charge in [0.25, 0.3) is 0 Å². The van der Waals surface area contributed by atoms with Crippen LogP contribution >= 0.6 is 0 Å². The molecule has 0 radical (unpaired) electrons. The standard InChI is InChI=1S/C14H18N2O/c1-9-5-6-11(10(2)7-9)12-8-15-13(16-12)14(3,4)17/h5-8,17H,1-4H3,(H,15,16). The van der Waals surface area contributed by atoms with E-state index >= 15 is 0 Å². The van der Waals surface area contributed by atoms with E-state index in [1.807, 2.05) is 0 Å². The van der Waals surface area contributed by atoms with Gasteiger partial charge >= 0.3 is 0 Å². The monoisotopic (exact) mass is 230 g/mol. The fourth-order valence-electron chi connectivity index (χ4n) is 1.88. The highest BCUT2D eigenvalue weighted by molar-refractivity contribution is 5.63. The van der Waals surface area contributed by atoms with Gasteiger partial charge in [-0.3, -0.25) is 0 Å².